The van der Waals surface area contributed by atoms with Crippen LogP contribution in [-0.2, 0) is 13.5 Å². The fraction of sp³-hybridized carbons (Fsp3) is 0.267. The maximum Gasteiger partial charge on any atom is 0.263 e. The van der Waals surface area contributed by atoms with Gasteiger partial charge in [-0.3, -0.25) is 9.48 Å². The van der Waals surface area contributed by atoms with E-state index in [9.17, 15) is 4.79 Å². The van der Waals surface area contributed by atoms with Gasteiger partial charge >= 0.3 is 0 Å². The molecular formula is C15H16N6OS. The topological polar surface area (TPSA) is 85.6 Å². The second-order valence-corrected chi connectivity index (χ2v) is 6.03. The molecule has 7 nitrogen and oxygen atoms in total. The van der Waals surface area contributed by atoms with Crippen LogP contribution in [0.15, 0.2) is 30.9 Å². The summed E-state index contributed by atoms with van der Waals surface area (Å²) in [7, 11) is 1.87. The van der Waals surface area contributed by atoms with Crippen LogP contribution in [0.25, 0.3) is 10.8 Å². The van der Waals surface area contributed by atoms with Gasteiger partial charge in [-0.15, -0.1) is 11.3 Å². The number of nitrogens with one attached hydrogen (secondary N) is 1. The maximum absolute atomic E-state index is 12.3. The lowest BCUT2D eigenvalue weighted by molar-refractivity contribution is 0.0957. The third-order valence-electron chi connectivity index (χ3n) is 3.22. The Labute approximate surface area is 137 Å². The van der Waals surface area contributed by atoms with Gasteiger partial charge in [-0.25, -0.2) is 15.0 Å². The largest absolute Gasteiger partial charge is 0.351 e. The van der Waals surface area contributed by atoms with Crippen LogP contribution >= 0.6 is 11.3 Å². The van der Waals surface area contributed by atoms with Crippen molar-refractivity contribution < 1.29 is 4.79 Å². The van der Waals surface area contributed by atoms with Gasteiger partial charge in [0.2, 0.25) is 0 Å². The van der Waals surface area contributed by atoms with Crippen LogP contribution in [0.2, 0.25) is 0 Å². The lowest BCUT2D eigenvalue weighted by Crippen LogP contribution is -2.25. The lowest BCUT2D eigenvalue weighted by atomic mass is 10.2. The molecule has 0 spiro atoms. The number of rotatable bonds is 5. The van der Waals surface area contributed by atoms with Crippen molar-refractivity contribution in [1.82, 2.24) is 30.0 Å². The molecule has 0 saturated heterocycles. The molecule has 0 aliphatic rings. The van der Waals surface area contributed by atoms with Gasteiger partial charge in [0.05, 0.1) is 11.9 Å². The number of carbonyl (C=O) groups excluding carboxylic acids is 1. The normalized spacial score (nSPS) is 10.7. The van der Waals surface area contributed by atoms with Crippen molar-refractivity contribution in [2.45, 2.75) is 13.3 Å². The van der Waals surface area contributed by atoms with E-state index in [1.54, 1.807) is 29.3 Å². The molecule has 3 aromatic heterocycles. The molecule has 8 heteroatoms. The van der Waals surface area contributed by atoms with Gasteiger partial charge in [-0.2, -0.15) is 5.10 Å². The number of amides is 1. The highest BCUT2D eigenvalue weighted by Gasteiger charge is 2.17. The molecule has 0 unspecified atom stereocenters. The summed E-state index contributed by atoms with van der Waals surface area (Å²) in [6.45, 7) is 2.37. The molecule has 0 atom stereocenters. The summed E-state index contributed by atoms with van der Waals surface area (Å²) in [4.78, 5) is 25.6. The van der Waals surface area contributed by atoms with Crippen LogP contribution in [0.5, 0.6) is 0 Å². The van der Waals surface area contributed by atoms with Gasteiger partial charge in [0, 0.05) is 32.2 Å². The summed E-state index contributed by atoms with van der Waals surface area (Å²) in [6, 6.07) is 1.75. The van der Waals surface area contributed by atoms with Crippen molar-refractivity contribution >= 4 is 17.2 Å². The zero-order valence-corrected chi connectivity index (χ0v) is 13.7. The van der Waals surface area contributed by atoms with E-state index in [0.29, 0.717) is 27.9 Å². The highest BCUT2D eigenvalue weighted by Crippen LogP contribution is 2.24. The highest BCUT2D eigenvalue weighted by molar-refractivity contribution is 7.17. The number of hydrogen-bond donors (Lipinski definition) is 1. The van der Waals surface area contributed by atoms with E-state index >= 15 is 0 Å². The van der Waals surface area contributed by atoms with Gasteiger partial charge in [0.25, 0.3) is 5.91 Å². The molecule has 23 heavy (non-hydrogen) atoms. The lowest BCUT2D eigenvalue weighted by Gasteiger charge is -2.02. The molecule has 3 heterocycles. The van der Waals surface area contributed by atoms with Crippen molar-refractivity contribution in [3.8, 4) is 10.8 Å². The molecule has 3 rings (SSSR count). The summed E-state index contributed by atoms with van der Waals surface area (Å²) >= 11 is 1.31. The number of aromatic nitrogens is 5. The van der Waals surface area contributed by atoms with Gasteiger partial charge in [-0.1, -0.05) is 0 Å². The molecule has 0 aromatic carbocycles. The number of carbonyl (C=O) groups is 1. The minimum atomic E-state index is -0.119. The first-order valence-corrected chi connectivity index (χ1v) is 7.95. The Balaban J connectivity index is 1.64. The van der Waals surface area contributed by atoms with Crippen LogP contribution in [0.1, 0.15) is 20.9 Å². The Morgan fingerprint density at radius 1 is 1.35 bits per heavy atom. The highest BCUT2D eigenvalue weighted by atomic mass is 32.1. The van der Waals surface area contributed by atoms with Gasteiger partial charge in [0.1, 0.15) is 4.88 Å². The van der Waals surface area contributed by atoms with Crippen LogP contribution < -0.4 is 5.32 Å². The molecule has 0 radical (unpaired) electrons. The first-order chi connectivity index (χ1) is 11.1. The maximum atomic E-state index is 12.3. The Hall–Kier alpha value is -2.61. The predicted octanol–water partition coefficient (Wildman–Crippen LogP) is 1.61. The Morgan fingerprint density at radius 2 is 2.13 bits per heavy atom. The molecular weight excluding hydrogens is 312 g/mol. The minimum Gasteiger partial charge on any atom is -0.351 e. The Morgan fingerprint density at radius 3 is 2.83 bits per heavy atom. The van der Waals surface area contributed by atoms with Gasteiger partial charge < -0.3 is 5.32 Å². The zero-order valence-electron chi connectivity index (χ0n) is 12.9. The van der Waals surface area contributed by atoms with E-state index in [-0.39, 0.29) is 5.91 Å². The SMILES string of the molecule is Cc1nc(-c2ncccn2)sc1C(=O)NCCc1cnn(C)c1. The second-order valence-electron chi connectivity index (χ2n) is 5.03. The first-order valence-electron chi connectivity index (χ1n) is 7.14. The molecule has 1 amide bonds. The fourth-order valence-corrected chi connectivity index (χ4v) is 3.04. The number of hydrogen-bond acceptors (Lipinski definition) is 6. The second kappa shape index (κ2) is 6.66. The van der Waals surface area contributed by atoms with Crippen molar-refractivity contribution in [2.75, 3.05) is 6.54 Å². The average molecular weight is 328 g/mol. The van der Waals surface area contributed by atoms with Crippen LogP contribution in [-0.4, -0.2) is 37.2 Å². The number of thiazole rings is 1. The van der Waals surface area contributed by atoms with E-state index in [0.717, 1.165) is 12.0 Å². The van der Waals surface area contributed by atoms with E-state index in [2.05, 4.69) is 25.4 Å². The fourth-order valence-electron chi connectivity index (χ4n) is 2.11. The minimum absolute atomic E-state index is 0.119. The summed E-state index contributed by atoms with van der Waals surface area (Å²) in [5.74, 6) is 0.418. The van der Waals surface area contributed by atoms with Crippen molar-refractivity contribution in [3.05, 3.63) is 47.0 Å². The molecule has 1 N–H and O–H groups in total. The molecule has 0 aliphatic heterocycles. The smallest absolute Gasteiger partial charge is 0.263 e. The van der Waals surface area contributed by atoms with Crippen molar-refractivity contribution in [2.24, 2.45) is 7.05 Å². The summed E-state index contributed by atoms with van der Waals surface area (Å²) in [6.07, 6.45) is 7.80. The molecule has 3 aromatic rings. The monoisotopic (exact) mass is 328 g/mol. The van der Waals surface area contributed by atoms with Gasteiger partial charge in [0.15, 0.2) is 10.8 Å². The van der Waals surface area contributed by atoms with Crippen molar-refractivity contribution in [3.63, 3.8) is 0 Å². The quantitative estimate of drug-likeness (QED) is 0.769. The predicted molar refractivity (Wildman–Crippen MR) is 87.1 cm³/mol. The van der Waals surface area contributed by atoms with E-state index in [4.69, 9.17) is 0 Å². The van der Waals surface area contributed by atoms with E-state index < -0.39 is 0 Å². The summed E-state index contributed by atoms with van der Waals surface area (Å²) in [5.41, 5.74) is 1.78. The standard InChI is InChI=1S/C15H16N6OS/c1-10-12(23-15(20-10)13-16-5-3-6-17-13)14(22)18-7-4-11-8-19-21(2)9-11/h3,5-6,8-9H,4,7H2,1-2H3,(H,18,22). The van der Waals surface area contributed by atoms with Gasteiger partial charge in [-0.05, 0) is 25.0 Å². The average Bonchev–Trinajstić information content (AvgIpc) is 3.14. The van der Waals surface area contributed by atoms with E-state index in [1.807, 2.05) is 20.2 Å². The number of aryl methyl sites for hydroxylation is 2. The Kier molecular flexibility index (Phi) is 4.42. The van der Waals surface area contributed by atoms with Crippen LogP contribution in [0, 0.1) is 6.92 Å². The van der Waals surface area contributed by atoms with Crippen molar-refractivity contribution in [1.29, 1.82) is 0 Å². The third kappa shape index (κ3) is 3.59. The van der Waals surface area contributed by atoms with E-state index in [1.165, 1.54) is 11.3 Å². The zero-order chi connectivity index (χ0) is 16.2. The molecule has 0 fully saturated rings. The van der Waals surface area contributed by atoms with Crippen LogP contribution in [0.4, 0.5) is 0 Å². The molecule has 0 saturated carbocycles. The molecule has 118 valence electrons. The van der Waals surface area contributed by atoms with Crippen LogP contribution in [0.3, 0.4) is 0 Å². The molecule has 0 aliphatic carbocycles. The Bertz CT molecular complexity index is 810. The molecule has 0 bridgehead atoms. The number of nitrogens with zero attached hydrogens (tertiary/aromatic N) is 5. The summed E-state index contributed by atoms with van der Waals surface area (Å²) in [5, 5.41) is 7.67. The summed E-state index contributed by atoms with van der Waals surface area (Å²) < 4.78 is 1.75. The third-order valence-corrected chi connectivity index (χ3v) is 4.37. The first kappa shape index (κ1) is 15.3.